The van der Waals surface area contributed by atoms with E-state index in [2.05, 4.69) is 20.8 Å². The van der Waals surface area contributed by atoms with Crippen LogP contribution in [0.2, 0.25) is 0 Å². The van der Waals surface area contributed by atoms with Gasteiger partial charge in [-0.25, -0.2) is 0 Å². The normalized spacial score (nSPS) is 17.0. The zero-order valence-electron chi connectivity index (χ0n) is 13.7. The average Bonchev–Trinajstić information content (AvgIpc) is 3.32. The van der Waals surface area contributed by atoms with Gasteiger partial charge in [-0.05, 0) is 25.0 Å². The molecule has 2 heterocycles. The number of hydrogen-bond acceptors (Lipinski definition) is 8. The van der Waals surface area contributed by atoms with E-state index in [1.54, 1.807) is 7.05 Å². The van der Waals surface area contributed by atoms with Crippen LogP contribution in [-0.4, -0.2) is 34.7 Å². The van der Waals surface area contributed by atoms with Crippen molar-refractivity contribution in [2.24, 2.45) is 0 Å². The summed E-state index contributed by atoms with van der Waals surface area (Å²) < 4.78 is 12.8. The number of rotatable bonds is 5. The molecule has 1 aliphatic heterocycles. The summed E-state index contributed by atoms with van der Waals surface area (Å²) in [6, 6.07) is 5.52. The van der Waals surface area contributed by atoms with E-state index in [0.29, 0.717) is 11.4 Å². The Balaban J connectivity index is 1.35. The molecule has 2 N–H and O–H groups in total. The molecule has 25 heavy (non-hydrogen) atoms. The second-order valence-corrected chi connectivity index (χ2v) is 8.14. The summed E-state index contributed by atoms with van der Waals surface area (Å²) in [5.74, 6) is 1.15. The minimum Gasteiger partial charge on any atom is -0.448 e. The standard InChI is InChI=1S/C16H18N4O3S2/c1-17-14-19-20-15(25-14)24-9-13(21)18-10-4-5-11-12(8-10)23-16(22-11)6-2-3-7-16/h4-5,8H,2-3,6-7,9H2,1H3,(H,17,19)(H,18,21). The van der Waals surface area contributed by atoms with Gasteiger partial charge in [0.1, 0.15) is 0 Å². The fourth-order valence-corrected chi connectivity index (χ4v) is 4.49. The predicted octanol–water partition coefficient (Wildman–Crippen LogP) is 3.35. The molecule has 1 amide bonds. The Bertz CT molecular complexity index is 789. The highest BCUT2D eigenvalue weighted by atomic mass is 32.2. The van der Waals surface area contributed by atoms with E-state index in [-0.39, 0.29) is 11.7 Å². The Kier molecular flexibility index (Phi) is 4.43. The summed E-state index contributed by atoms with van der Waals surface area (Å²) >= 11 is 2.78. The van der Waals surface area contributed by atoms with Gasteiger partial charge in [-0.3, -0.25) is 4.79 Å². The molecule has 1 spiro atoms. The van der Waals surface area contributed by atoms with E-state index < -0.39 is 5.79 Å². The first kappa shape index (κ1) is 16.5. The number of nitrogens with one attached hydrogen (secondary N) is 2. The topological polar surface area (TPSA) is 85.4 Å². The fourth-order valence-electron chi connectivity index (χ4n) is 2.98. The summed E-state index contributed by atoms with van der Waals surface area (Å²) in [4.78, 5) is 12.1. The van der Waals surface area contributed by atoms with Crippen molar-refractivity contribution in [3.63, 3.8) is 0 Å². The molecule has 2 aromatic rings. The van der Waals surface area contributed by atoms with E-state index in [1.165, 1.54) is 23.1 Å². The van der Waals surface area contributed by atoms with Gasteiger partial charge in [0, 0.05) is 31.6 Å². The van der Waals surface area contributed by atoms with Crippen molar-refractivity contribution >= 4 is 39.8 Å². The van der Waals surface area contributed by atoms with E-state index in [1.807, 2.05) is 18.2 Å². The van der Waals surface area contributed by atoms with Crippen LogP contribution in [0, 0.1) is 0 Å². The highest BCUT2D eigenvalue weighted by Gasteiger charge is 2.44. The van der Waals surface area contributed by atoms with Crippen molar-refractivity contribution in [2.45, 2.75) is 35.8 Å². The molecule has 0 radical (unpaired) electrons. The molecule has 132 valence electrons. The number of ether oxygens (including phenoxy) is 2. The number of hydrogen-bond donors (Lipinski definition) is 2. The van der Waals surface area contributed by atoms with Crippen LogP contribution in [0.15, 0.2) is 22.5 Å². The molecule has 1 aromatic heterocycles. The number of carbonyl (C=O) groups is 1. The Morgan fingerprint density at radius 3 is 2.84 bits per heavy atom. The number of amides is 1. The summed E-state index contributed by atoms with van der Waals surface area (Å²) in [6.45, 7) is 0. The maximum atomic E-state index is 12.1. The SMILES string of the molecule is CNc1nnc(SCC(=O)Nc2ccc3c(c2)OC2(CCCC2)O3)s1. The summed E-state index contributed by atoms with van der Waals surface area (Å²) in [5, 5.41) is 14.5. The molecule has 1 aliphatic carbocycles. The van der Waals surface area contributed by atoms with Crippen LogP contribution in [0.25, 0.3) is 0 Å². The third kappa shape index (κ3) is 3.52. The van der Waals surface area contributed by atoms with Crippen molar-refractivity contribution in [1.29, 1.82) is 0 Å². The second-order valence-electron chi connectivity index (χ2n) is 5.94. The van der Waals surface area contributed by atoms with Gasteiger partial charge >= 0.3 is 0 Å². The summed E-state index contributed by atoms with van der Waals surface area (Å²) in [5.41, 5.74) is 0.705. The first-order valence-corrected chi connectivity index (χ1v) is 9.92. The van der Waals surface area contributed by atoms with Crippen molar-refractivity contribution in [3.8, 4) is 11.5 Å². The lowest BCUT2D eigenvalue weighted by Gasteiger charge is -2.21. The van der Waals surface area contributed by atoms with E-state index in [4.69, 9.17) is 9.47 Å². The van der Waals surface area contributed by atoms with Crippen LogP contribution in [0.5, 0.6) is 11.5 Å². The van der Waals surface area contributed by atoms with Crippen LogP contribution < -0.4 is 20.1 Å². The maximum Gasteiger partial charge on any atom is 0.251 e. The lowest BCUT2D eigenvalue weighted by molar-refractivity contribution is -0.113. The highest BCUT2D eigenvalue weighted by Crippen LogP contribution is 2.47. The van der Waals surface area contributed by atoms with E-state index in [0.717, 1.165) is 40.9 Å². The maximum absolute atomic E-state index is 12.1. The number of anilines is 2. The summed E-state index contributed by atoms with van der Waals surface area (Å²) in [6.07, 6.45) is 4.07. The van der Waals surface area contributed by atoms with Gasteiger partial charge in [0.25, 0.3) is 5.79 Å². The molecule has 0 atom stereocenters. The molecule has 9 heteroatoms. The number of nitrogens with zero attached hydrogens (tertiary/aromatic N) is 2. The van der Waals surface area contributed by atoms with Crippen LogP contribution >= 0.6 is 23.1 Å². The molecule has 1 saturated carbocycles. The van der Waals surface area contributed by atoms with Crippen molar-refractivity contribution in [2.75, 3.05) is 23.4 Å². The highest BCUT2D eigenvalue weighted by molar-refractivity contribution is 8.01. The zero-order valence-corrected chi connectivity index (χ0v) is 15.3. The molecule has 1 fully saturated rings. The Morgan fingerprint density at radius 1 is 1.28 bits per heavy atom. The van der Waals surface area contributed by atoms with Crippen molar-refractivity contribution in [3.05, 3.63) is 18.2 Å². The molecular formula is C16H18N4O3S2. The van der Waals surface area contributed by atoms with Gasteiger partial charge in [0.2, 0.25) is 11.0 Å². The molecular weight excluding hydrogens is 360 g/mol. The van der Waals surface area contributed by atoms with Gasteiger partial charge in [-0.1, -0.05) is 23.1 Å². The van der Waals surface area contributed by atoms with Gasteiger partial charge < -0.3 is 20.1 Å². The molecule has 4 rings (SSSR count). The molecule has 7 nitrogen and oxygen atoms in total. The van der Waals surface area contributed by atoms with Gasteiger partial charge in [0.05, 0.1) is 5.75 Å². The van der Waals surface area contributed by atoms with E-state index >= 15 is 0 Å². The van der Waals surface area contributed by atoms with Crippen LogP contribution in [-0.2, 0) is 4.79 Å². The van der Waals surface area contributed by atoms with Gasteiger partial charge in [0.15, 0.2) is 15.8 Å². The Hall–Kier alpha value is -2.00. The average molecular weight is 378 g/mol. The first-order valence-electron chi connectivity index (χ1n) is 8.12. The smallest absolute Gasteiger partial charge is 0.251 e. The minimum atomic E-state index is -0.482. The molecule has 0 unspecified atom stereocenters. The van der Waals surface area contributed by atoms with Gasteiger partial charge in [-0.15, -0.1) is 10.2 Å². The van der Waals surface area contributed by atoms with Crippen molar-refractivity contribution in [1.82, 2.24) is 10.2 Å². The quantitative estimate of drug-likeness (QED) is 0.772. The molecule has 2 aliphatic rings. The number of carbonyl (C=O) groups excluding carboxylic acids is 1. The lowest BCUT2D eigenvalue weighted by Crippen LogP contribution is -2.34. The Labute approximate surface area is 153 Å². The molecule has 0 bridgehead atoms. The number of aromatic nitrogens is 2. The second kappa shape index (κ2) is 6.72. The fraction of sp³-hybridized carbons (Fsp3) is 0.438. The number of fused-ring (bicyclic) bond motifs is 1. The number of benzene rings is 1. The van der Waals surface area contributed by atoms with E-state index in [9.17, 15) is 4.79 Å². The molecule has 1 aromatic carbocycles. The largest absolute Gasteiger partial charge is 0.448 e. The Morgan fingerprint density at radius 2 is 2.08 bits per heavy atom. The van der Waals surface area contributed by atoms with Crippen LogP contribution in [0.3, 0.4) is 0 Å². The summed E-state index contributed by atoms with van der Waals surface area (Å²) in [7, 11) is 1.79. The zero-order chi connectivity index (χ0) is 17.3. The minimum absolute atomic E-state index is 0.0966. The van der Waals surface area contributed by atoms with Crippen LogP contribution in [0.1, 0.15) is 25.7 Å². The van der Waals surface area contributed by atoms with Crippen LogP contribution in [0.4, 0.5) is 10.8 Å². The number of thioether (sulfide) groups is 1. The van der Waals surface area contributed by atoms with Gasteiger partial charge in [-0.2, -0.15) is 0 Å². The monoisotopic (exact) mass is 378 g/mol. The third-order valence-corrected chi connectivity index (χ3v) is 6.21. The molecule has 0 saturated heterocycles. The lowest BCUT2D eigenvalue weighted by atomic mass is 10.2. The van der Waals surface area contributed by atoms with Crippen molar-refractivity contribution < 1.29 is 14.3 Å². The third-order valence-electron chi connectivity index (χ3n) is 4.13. The first-order chi connectivity index (χ1) is 12.2. The predicted molar refractivity (Wildman–Crippen MR) is 97.7 cm³/mol.